The third-order valence-electron chi connectivity index (χ3n) is 3.25. The van der Waals surface area contributed by atoms with Crippen LogP contribution in [0.4, 0.5) is 0 Å². The lowest BCUT2D eigenvalue weighted by molar-refractivity contribution is -0.143. The number of ether oxygens (including phenoxy) is 1. The van der Waals surface area contributed by atoms with Crippen LogP contribution in [-0.4, -0.2) is 42.3 Å². The molecule has 100 valence electrons. The Morgan fingerprint density at radius 2 is 2.39 bits per heavy atom. The van der Waals surface area contributed by atoms with Crippen LogP contribution in [0.3, 0.4) is 0 Å². The molecule has 2 atom stereocenters. The van der Waals surface area contributed by atoms with E-state index in [1.807, 2.05) is 7.05 Å². The molecule has 1 aromatic rings. The Hall–Kier alpha value is -0.430. The second kappa shape index (κ2) is 5.69. The lowest BCUT2D eigenvalue weighted by atomic mass is 10.0. The van der Waals surface area contributed by atoms with Crippen molar-refractivity contribution in [1.29, 1.82) is 0 Å². The van der Waals surface area contributed by atoms with Gasteiger partial charge in [-0.25, -0.2) is 0 Å². The number of carbonyl (C=O) groups is 1. The van der Waals surface area contributed by atoms with E-state index in [0.29, 0.717) is 13.2 Å². The molecule has 1 aliphatic rings. The van der Waals surface area contributed by atoms with E-state index in [2.05, 4.69) is 33.8 Å². The summed E-state index contributed by atoms with van der Waals surface area (Å²) in [6.45, 7) is 3.64. The third kappa shape index (κ3) is 2.93. The van der Waals surface area contributed by atoms with Gasteiger partial charge >= 0.3 is 5.97 Å². The molecule has 1 aromatic heterocycles. The van der Waals surface area contributed by atoms with Gasteiger partial charge in [0.15, 0.2) is 0 Å². The molecule has 1 N–H and O–H groups in total. The first kappa shape index (κ1) is 14.0. The molecule has 4 nitrogen and oxygen atoms in total. The Labute approximate surface area is 119 Å². The summed E-state index contributed by atoms with van der Waals surface area (Å²) in [7, 11) is 1.96. The maximum absolute atomic E-state index is 11.1. The third-order valence-corrected chi connectivity index (χ3v) is 5.37. The maximum atomic E-state index is 11.1. The van der Waals surface area contributed by atoms with E-state index >= 15 is 0 Å². The fourth-order valence-electron chi connectivity index (χ4n) is 2.17. The first-order valence-corrected chi connectivity index (χ1v) is 7.35. The minimum Gasteiger partial charge on any atom is -0.481 e. The molecule has 1 fully saturated rings. The van der Waals surface area contributed by atoms with Gasteiger partial charge in [0.25, 0.3) is 0 Å². The van der Waals surface area contributed by atoms with Gasteiger partial charge in [-0.3, -0.25) is 9.69 Å². The molecule has 18 heavy (non-hydrogen) atoms. The van der Waals surface area contributed by atoms with Crippen molar-refractivity contribution in [3.8, 4) is 0 Å². The highest BCUT2D eigenvalue weighted by molar-refractivity contribution is 9.10. The number of hydrogen-bond donors (Lipinski definition) is 1. The molecule has 2 unspecified atom stereocenters. The monoisotopic (exact) mass is 333 g/mol. The number of aryl methyl sites for hydroxylation is 1. The zero-order valence-electron chi connectivity index (χ0n) is 10.4. The van der Waals surface area contributed by atoms with Crippen molar-refractivity contribution in [3.63, 3.8) is 0 Å². The average molecular weight is 334 g/mol. The predicted molar refractivity (Wildman–Crippen MR) is 74.0 cm³/mol. The molecule has 0 spiro atoms. The predicted octanol–water partition coefficient (Wildman–Crippen LogP) is 2.35. The van der Waals surface area contributed by atoms with Crippen LogP contribution < -0.4 is 0 Å². The van der Waals surface area contributed by atoms with Crippen LogP contribution in [0.2, 0.25) is 0 Å². The lowest BCUT2D eigenvalue weighted by Crippen LogP contribution is -2.40. The standard InChI is InChI=1S/C12H16BrNO3S/c1-7-10(13)3-8(18-7)4-14(2)11-6-17-5-9(11)12(15)16/h3,9,11H,4-6H2,1-2H3,(H,15,16). The molecule has 2 rings (SSSR count). The van der Waals surface area contributed by atoms with Crippen LogP contribution in [0.25, 0.3) is 0 Å². The van der Waals surface area contributed by atoms with Gasteiger partial charge in [0.2, 0.25) is 0 Å². The first-order chi connectivity index (χ1) is 8.49. The molecule has 2 heterocycles. The highest BCUT2D eigenvalue weighted by Gasteiger charge is 2.36. The summed E-state index contributed by atoms with van der Waals surface area (Å²) in [6.07, 6.45) is 0. The Morgan fingerprint density at radius 3 is 2.94 bits per heavy atom. The van der Waals surface area contributed by atoms with E-state index in [1.165, 1.54) is 9.75 Å². The number of hydrogen-bond acceptors (Lipinski definition) is 4. The maximum Gasteiger partial charge on any atom is 0.310 e. The first-order valence-electron chi connectivity index (χ1n) is 5.74. The number of carboxylic acid groups (broad SMARTS) is 1. The molecular formula is C12H16BrNO3S. The summed E-state index contributed by atoms with van der Waals surface area (Å²) in [6, 6.07) is 2.06. The minimum absolute atomic E-state index is 0.0383. The summed E-state index contributed by atoms with van der Waals surface area (Å²) in [5.74, 6) is -1.19. The highest BCUT2D eigenvalue weighted by Crippen LogP contribution is 2.28. The Bertz CT molecular complexity index is 429. The van der Waals surface area contributed by atoms with Gasteiger partial charge in [-0.1, -0.05) is 0 Å². The second-order valence-electron chi connectivity index (χ2n) is 4.58. The van der Waals surface area contributed by atoms with Crippen LogP contribution >= 0.6 is 27.3 Å². The molecule has 0 radical (unpaired) electrons. The molecule has 1 aliphatic heterocycles. The fraction of sp³-hybridized carbons (Fsp3) is 0.583. The van der Waals surface area contributed by atoms with Crippen molar-refractivity contribution in [2.75, 3.05) is 20.3 Å². The fourth-order valence-corrected chi connectivity index (χ4v) is 3.84. The van der Waals surface area contributed by atoms with Crippen molar-refractivity contribution >= 4 is 33.2 Å². The molecule has 0 saturated carbocycles. The van der Waals surface area contributed by atoms with Gasteiger partial charge in [0, 0.05) is 26.8 Å². The van der Waals surface area contributed by atoms with Gasteiger partial charge in [-0.15, -0.1) is 11.3 Å². The van der Waals surface area contributed by atoms with E-state index in [0.717, 1.165) is 11.0 Å². The summed E-state index contributed by atoms with van der Waals surface area (Å²) in [4.78, 5) is 15.7. The Balaban J connectivity index is 2.03. The normalized spacial score (nSPS) is 23.8. The van der Waals surface area contributed by atoms with Gasteiger partial charge in [0.1, 0.15) is 0 Å². The van der Waals surface area contributed by atoms with E-state index in [4.69, 9.17) is 9.84 Å². The second-order valence-corrected chi connectivity index (χ2v) is 6.78. The van der Waals surface area contributed by atoms with E-state index in [-0.39, 0.29) is 6.04 Å². The number of carboxylic acids is 1. The minimum atomic E-state index is -0.770. The summed E-state index contributed by atoms with van der Waals surface area (Å²) < 4.78 is 6.41. The number of halogens is 1. The van der Waals surface area contributed by atoms with E-state index < -0.39 is 11.9 Å². The van der Waals surface area contributed by atoms with Gasteiger partial charge in [-0.05, 0) is 36.0 Å². The van der Waals surface area contributed by atoms with E-state index in [9.17, 15) is 4.79 Å². The molecule has 0 aromatic carbocycles. The Morgan fingerprint density at radius 1 is 1.67 bits per heavy atom. The molecule has 6 heteroatoms. The lowest BCUT2D eigenvalue weighted by Gasteiger charge is -2.25. The average Bonchev–Trinajstić information content (AvgIpc) is 2.86. The van der Waals surface area contributed by atoms with Gasteiger partial charge in [-0.2, -0.15) is 0 Å². The largest absolute Gasteiger partial charge is 0.481 e. The van der Waals surface area contributed by atoms with Crippen LogP contribution in [0.1, 0.15) is 9.75 Å². The number of rotatable bonds is 4. The molecule has 0 aliphatic carbocycles. The topological polar surface area (TPSA) is 49.8 Å². The van der Waals surface area contributed by atoms with Crippen LogP contribution in [-0.2, 0) is 16.1 Å². The molecular weight excluding hydrogens is 318 g/mol. The van der Waals surface area contributed by atoms with Crippen LogP contribution in [0.5, 0.6) is 0 Å². The van der Waals surface area contributed by atoms with Gasteiger partial charge < -0.3 is 9.84 Å². The zero-order chi connectivity index (χ0) is 13.3. The zero-order valence-corrected chi connectivity index (χ0v) is 12.8. The SMILES string of the molecule is Cc1sc(CN(C)C2COCC2C(=O)O)cc1Br. The molecule has 1 saturated heterocycles. The highest BCUT2D eigenvalue weighted by atomic mass is 79.9. The number of aliphatic carboxylic acids is 1. The van der Waals surface area contributed by atoms with Crippen molar-refractivity contribution in [2.24, 2.45) is 5.92 Å². The van der Waals surface area contributed by atoms with Crippen LogP contribution in [0, 0.1) is 12.8 Å². The number of likely N-dealkylation sites (N-methyl/N-ethyl adjacent to an activating group) is 1. The van der Waals surface area contributed by atoms with E-state index in [1.54, 1.807) is 11.3 Å². The smallest absolute Gasteiger partial charge is 0.310 e. The molecule has 0 amide bonds. The number of nitrogens with zero attached hydrogens (tertiary/aromatic N) is 1. The van der Waals surface area contributed by atoms with Crippen molar-refractivity contribution in [3.05, 3.63) is 20.3 Å². The summed E-state index contributed by atoms with van der Waals surface area (Å²) >= 11 is 5.23. The van der Waals surface area contributed by atoms with Crippen LogP contribution in [0.15, 0.2) is 10.5 Å². The van der Waals surface area contributed by atoms with Crippen molar-refractivity contribution < 1.29 is 14.6 Å². The van der Waals surface area contributed by atoms with Crippen molar-refractivity contribution in [2.45, 2.75) is 19.5 Å². The van der Waals surface area contributed by atoms with Crippen molar-refractivity contribution in [1.82, 2.24) is 4.90 Å². The molecule has 0 bridgehead atoms. The van der Waals surface area contributed by atoms with Gasteiger partial charge in [0.05, 0.1) is 19.1 Å². The summed E-state index contributed by atoms with van der Waals surface area (Å²) in [5.41, 5.74) is 0. The summed E-state index contributed by atoms with van der Waals surface area (Å²) in [5, 5.41) is 9.14. The number of thiophene rings is 1. The Kier molecular flexibility index (Phi) is 4.42. The quantitative estimate of drug-likeness (QED) is 0.918.